The molecule has 0 spiro atoms. The zero-order chi connectivity index (χ0) is 27.2. The number of nitrogens with zero attached hydrogens (tertiary/aromatic N) is 1. The molecule has 3 rings (SSSR count). The molecule has 200 valence electrons. The molecule has 0 radical (unpaired) electrons. The fraction of sp³-hybridized carbons (Fsp3) is 0.423. The summed E-state index contributed by atoms with van der Waals surface area (Å²) in [4.78, 5) is 39.1. The van der Waals surface area contributed by atoms with Crippen LogP contribution in [-0.2, 0) is 28.6 Å². The van der Waals surface area contributed by atoms with Gasteiger partial charge in [-0.1, -0.05) is 60.7 Å². The van der Waals surface area contributed by atoms with Gasteiger partial charge in [-0.25, -0.2) is 9.59 Å². The van der Waals surface area contributed by atoms with Gasteiger partial charge in [0, 0.05) is 0 Å². The van der Waals surface area contributed by atoms with Crippen molar-refractivity contribution in [3.8, 4) is 0 Å². The first-order valence-corrected chi connectivity index (χ1v) is 13.5. The average molecular weight is 532 g/mol. The van der Waals surface area contributed by atoms with Crippen molar-refractivity contribution in [2.45, 2.75) is 57.3 Å². The molecule has 1 saturated heterocycles. The highest BCUT2D eigenvalue weighted by Crippen LogP contribution is 2.37. The topological polar surface area (TPSA) is 145 Å². The number of nitrogens with one attached hydrogen (secondary N) is 1. The number of rotatable bonds is 9. The van der Waals surface area contributed by atoms with Crippen LogP contribution in [0.1, 0.15) is 56.8 Å². The van der Waals surface area contributed by atoms with E-state index in [-0.39, 0.29) is 0 Å². The zero-order valence-electron chi connectivity index (χ0n) is 21.1. The molecule has 1 fully saturated rings. The highest BCUT2D eigenvalue weighted by molar-refractivity contribution is 7.86. The molecule has 3 amide bonds. The van der Waals surface area contributed by atoms with Gasteiger partial charge >= 0.3 is 12.0 Å². The number of amides is 3. The Morgan fingerprint density at radius 1 is 1.03 bits per heavy atom. The maximum absolute atomic E-state index is 13.3. The van der Waals surface area contributed by atoms with E-state index in [1.165, 1.54) is 4.90 Å². The van der Waals surface area contributed by atoms with E-state index in [0.717, 1.165) is 5.56 Å². The number of likely N-dealkylation sites (tertiary alicyclic amines) is 1. The first-order valence-electron chi connectivity index (χ1n) is 11.9. The second-order valence-corrected chi connectivity index (χ2v) is 11.5. The van der Waals surface area contributed by atoms with Crippen LogP contribution in [-0.4, -0.2) is 55.2 Å². The van der Waals surface area contributed by atoms with Crippen molar-refractivity contribution < 1.29 is 31.7 Å². The molecule has 1 aliphatic heterocycles. The lowest BCUT2D eigenvalue weighted by Gasteiger charge is -2.31. The lowest BCUT2D eigenvalue weighted by molar-refractivity contribution is -0.164. The van der Waals surface area contributed by atoms with Gasteiger partial charge in [-0.05, 0) is 44.7 Å². The highest BCUT2D eigenvalue weighted by atomic mass is 32.2. The Hall–Kier alpha value is -3.44. The number of urea groups is 1. The third kappa shape index (κ3) is 8.02. The Kier molecular flexibility index (Phi) is 8.93. The molecule has 3 atom stereocenters. The van der Waals surface area contributed by atoms with Gasteiger partial charge in [0.1, 0.15) is 24.0 Å². The second kappa shape index (κ2) is 11.7. The summed E-state index contributed by atoms with van der Waals surface area (Å²) < 4.78 is 36.2. The van der Waals surface area contributed by atoms with Crippen LogP contribution in [0.5, 0.6) is 0 Å². The molecule has 0 saturated carbocycles. The van der Waals surface area contributed by atoms with E-state index >= 15 is 0 Å². The third-order valence-electron chi connectivity index (χ3n) is 5.79. The van der Waals surface area contributed by atoms with E-state index in [9.17, 15) is 22.8 Å². The molecule has 3 N–H and O–H groups in total. The molecule has 0 bridgehead atoms. The fourth-order valence-corrected chi connectivity index (χ4v) is 5.37. The summed E-state index contributed by atoms with van der Waals surface area (Å²) in [6.07, 6.45) is 0.872. The molecule has 10 nitrogen and oxygen atoms in total. The Bertz CT molecular complexity index is 1200. The van der Waals surface area contributed by atoms with Gasteiger partial charge in [-0.3, -0.25) is 8.98 Å². The van der Waals surface area contributed by atoms with Crippen LogP contribution < -0.4 is 11.1 Å². The average Bonchev–Trinajstić information content (AvgIpc) is 3.27. The summed E-state index contributed by atoms with van der Waals surface area (Å²) in [5, 5.41) is 2.39. The normalized spacial score (nSPS) is 18.7. The number of hydrogen-bond donors (Lipinski definition) is 2. The molecule has 2 aromatic carbocycles. The van der Waals surface area contributed by atoms with Gasteiger partial charge in [0.25, 0.3) is 16.0 Å². The fourth-order valence-electron chi connectivity index (χ4n) is 4.31. The SMILES string of the molecule is CC(C)(C)OC(=O)[C@@H]1CC[C@H](c2ccccc2)N1C(=O)COS(=O)(=O)CC(NC(N)=O)c1ccccc1. The summed E-state index contributed by atoms with van der Waals surface area (Å²) in [5.41, 5.74) is 5.80. The van der Waals surface area contributed by atoms with Crippen molar-refractivity contribution in [1.82, 2.24) is 10.2 Å². The van der Waals surface area contributed by atoms with Crippen LogP contribution in [0.25, 0.3) is 0 Å². The molecular weight excluding hydrogens is 498 g/mol. The van der Waals surface area contributed by atoms with Crippen molar-refractivity contribution in [3.05, 3.63) is 71.8 Å². The number of primary amides is 1. The number of ether oxygens (including phenoxy) is 1. The van der Waals surface area contributed by atoms with Crippen LogP contribution in [0.4, 0.5) is 4.79 Å². The minimum atomic E-state index is -4.28. The van der Waals surface area contributed by atoms with Gasteiger partial charge in [0.2, 0.25) is 0 Å². The molecular formula is C26H33N3O7S. The predicted molar refractivity (Wildman–Crippen MR) is 137 cm³/mol. The molecule has 0 aromatic heterocycles. The van der Waals surface area contributed by atoms with E-state index in [2.05, 4.69) is 5.32 Å². The van der Waals surface area contributed by atoms with Crippen molar-refractivity contribution in [3.63, 3.8) is 0 Å². The highest BCUT2D eigenvalue weighted by Gasteiger charge is 2.43. The Morgan fingerprint density at radius 3 is 2.19 bits per heavy atom. The number of benzene rings is 2. The van der Waals surface area contributed by atoms with Crippen LogP contribution in [0.15, 0.2) is 60.7 Å². The van der Waals surface area contributed by atoms with E-state index in [1.54, 1.807) is 51.1 Å². The molecule has 37 heavy (non-hydrogen) atoms. The molecule has 2 aromatic rings. The van der Waals surface area contributed by atoms with Gasteiger partial charge in [0.05, 0.1) is 12.1 Å². The minimum absolute atomic E-state index is 0.367. The first kappa shape index (κ1) is 28.1. The minimum Gasteiger partial charge on any atom is -0.458 e. The van der Waals surface area contributed by atoms with Gasteiger partial charge in [-0.2, -0.15) is 8.42 Å². The maximum Gasteiger partial charge on any atom is 0.329 e. The van der Waals surface area contributed by atoms with Crippen LogP contribution in [0, 0.1) is 0 Å². The number of carbonyl (C=O) groups is 3. The second-order valence-electron chi connectivity index (χ2n) is 9.81. The predicted octanol–water partition coefficient (Wildman–Crippen LogP) is 2.82. The largest absolute Gasteiger partial charge is 0.458 e. The molecule has 0 aliphatic carbocycles. The van der Waals surface area contributed by atoms with Gasteiger partial charge < -0.3 is 20.7 Å². The Morgan fingerprint density at radius 2 is 1.62 bits per heavy atom. The van der Waals surface area contributed by atoms with E-state index in [0.29, 0.717) is 18.4 Å². The van der Waals surface area contributed by atoms with Gasteiger partial charge in [-0.15, -0.1) is 0 Å². The molecule has 1 heterocycles. The van der Waals surface area contributed by atoms with Crippen molar-refractivity contribution in [2.75, 3.05) is 12.4 Å². The quantitative estimate of drug-likeness (QED) is 0.374. The van der Waals surface area contributed by atoms with Crippen molar-refractivity contribution >= 4 is 28.0 Å². The maximum atomic E-state index is 13.3. The molecule has 1 aliphatic rings. The van der Waals surface area contributed by atoms with E-state index in [4.69, 9.17) is 14.7 Å². The zero-order valence-corrected chi connectivity index (χ0v) is 21.9. The van der Waals surface area contributed by atoms with Crippen molar-refractivity contribution in [2.24, 2.45) is 5.73 Å². The van der Waals surface area contributed by atoms with Crippen molar-refractivity contribution in [1.29, 1.82) is 0 Å². The van der Waals surface area contributed by atoms with Gasteiger partial charge in [0.15, 0.2) is 0 Å². The number of carbonyl (C=O) groups excluding carboxylic acids is 3. The van der Waals surface area contributed by atoms with E-state index < -0.39 is 64.1 Å². The summed E-state index contributed by atoms with van der Waals surface area (Å²) >= 11 is 0. The summed E-state index contributed by atoms with van der Waals surface area (Å²) in [6.45, 7) is 4.40. The standard InChI is InChI=1S/C26H33N3O7S/c1-26(2,3)36-24(31)22-15-14-21(19-12-8-5-9-13-19)29(22)23(30)16-35-37(33,34)17-20(28-25(27)32)18-10-6-4-7-11-18/h4-13,20-22H,14-17H2,1-3H3,(H3,27,28,32)/t20?,21-,22+/m1/s1. The Balaban J connectivity index is 1.77. The number of esters is 1. The summed E-state index contributed by atoms with van der Waals surface area (Å²) in [5.74, 6) is -1.85. The van der Waals surface area contributed by atoms with Crippen LogP contribution in [0.3, 0.4) is 0 Å². The molecule has 11 heteroatoms. The smallest absolute Gasteiger partial charge is 0.329 e. The summed E-state index contributed by atoms with van der Waals surface area (Å²) in [6, 6.07) is 14.4. The van der Waals surface area contributed by atoms with Crippen LogP contribution >= 0.6 is 0 Å². The summed E-state index contributed by atoms with van der Waals surface area (Å²) in [7, 11) is -4.28. The number of hydrogen-bond acceptors (Lipinski definition) is 7. The lowest BCUT2D eigenvalue weighted by Crippen LogP contribution is -2.46. The first-order chi connectivity index (χ1) is 17.4. The third-order valence-corrected chi connectivity index (χ3v) is 7.01. The number of nitrogens with two attached hydrogens (primary N) is 1. The monoisotopic (exact) mass is 531 g/mol. The van der Waals surface area contributed by atoms with E-state index in [1.807, 2.05) is 30.3 Å². The van der Waals surface area contributed by atoms with Crippen LogP contribution in [0.2, 0.25) is 0 Å². The Labute approximate surface area is 217 Å². The molecule has 1 unspecified atom stereocenters. The lowest BCUT2D eigenvalue weighted by atomic mass is 10.0.